The molecule has 4 amide bonds. The fourth-order valence-corrected chi connectivity index (χ4v) is 3.30. The second kappa shape index (κ2) is 7.73. The van der Waals surface area contributed by atoms with E-state index in [0.717, 1.165) is 25.2 Å². The average Bonchev–Trinajstić information content (AvgIpc) is 2.61. The number of rotatable bonds is 4. The van der Waals surface area contributed by atoms with Crippen molar-refractivity contribution in [1.82, 2.24) is 26.2 Å². The van der Waals surface area contributed by atoms with Crippen LogP contribution < -0.4 is 21.3 Å². The molecule has 0 spiro atoms. The molecule has 1 aromatic rings. The molecule has 0 aromatic heterocycles. The van der Waals surface area contributed by atoms with Crippen LogP contribution in [-0.4, -0.2) is 42.4 Å². The number of halogens is 3. The number of carbonyl (C=O) groups excluding carboxylic acids is 2. The minimum Gasteiger partial charge on any atom is -0.317 e. The van der Waals surface area contributed by atoms with Crippen molar-refractivity contribution in [2.75, 3.05) is 13.1 Å². The molecular weight excluding hydrogens is 363 g/mol. The summed E-state index contributed by atoms with van der Waals surface area (Å²) in [6, 6.07) is 3.24. The number of nitrogens with one attached hydrogen (secondary N) is 4. The summed E-state index contributed by atoms with van der Waals surface area (Å²) >= 11 is 0. The fourth-order valence-electron chi connectivity index (χ4n) is 3.30. The van der Waals surface area contributed by atoms with Gasteiger partial charge in [-0.1, -0.05) is 12.1 Å². The van der Waals surface area contributed by atoms with Crippen LogP contribution in [0.1, 0.15) is 36.9 Å². The zero-order valence-electron chi connectivity index (χ0n) is 14.8. The van der Waals surface area contributed by atoms with Crippen LogP contribution in [0, 0.1) is 0 Å². The van der Waals surface area contributed by atoms with Crippen molar-refractivity contribution in [2.45, 2.75) is 44.3 Å². The van der Waals surface area contributed by atoms with Crippen molar-refractivity contribution >= 4 is 12.1 Å². The largest absolute Gasteiger partial charge is 0.416 e. The van der Waals surface area contributed by atoms with Gasteiger partial charge in [0.05, 0.1) is 5.56 Å². The van der Waals surface area contributed by atoms with Gasteiger partial charge >= 0.3 is 18.2 Å². The first-order chi connectivity index (χ1) is 12.8. The molecule has 1 unspecified atom stereocenters. The minimum atomic E-state index is -4.39. The first-order valence-electron chi connectivity index (χ1n) is 8.80. The van der Waals surface area contributed by atoms with Crippen LogP contribution in [0.5, 0.6) is 0 Å². The number of amides is 4. The lowest BCUT2D eigenvalue weighted by Crippen LogP contribution is -2.70. The van der Waals surface area contributed by atoms with E-state index >= 15 is 0 Å². The topological polar surface area (TPSA) is 85.5 Å². The number of urea groups is 2. The van der Waals surface area contributed by atoms with Crippen LogP contribution in [-0.2, 0) is 6.18 Å². The van der Waals surface area contributed by atoms with E-state index in [1.54, 1.807) is 6.92 Å². The maximum atomic E-state index is 12.7. The number of hydrogen-bond donors (Lipinski definition) is 4. The van der Waals surface area contributed by atoms with Gasteiger partial charge in [-0.05, 0) is 50.6 Å². The number of piperidine rings is 1. The fraction of sp³-hybridized carbons (Fsp3) is 0.529. The maximum Gasteiger partial charge on any atom is 0.416 e. The van der Waals surface area contributed by atoms with E-state index in [2.05, 4.69) is 21.3 Å². The van der Waals surface area contributed by atoms with Crippen molar-refractivity contribution < 1.29 is 22.8 Å². The SMILES string of the molecule is CC(NC1NC(=O)N(C2CCNCC2)C(=O)N1)c1ccc(C(F)(F)F)cc1. The van der Waals surface area contributed by atoms with Gasteiger partial charge in [0, 0.05) is 12.1 Å². The minimum absolute atomic E-state index is 0.153. The molecule has 7 nitrogen and oxygen atoms in total. The normalized spacial score (nSPS) is 21.0. The van der Waals surface area contributed by atoms with Gasteiger partial charge in [0.1, 0.15) is 0 Å². The summed E-state index contributed by atoms with van der Waals surface area (Å²) in [5.74, 6) is 0. The molecule has 27 heavy (non-hydrogen) atoms. The molecule has 1 atom stereocenters. The van der Waals surface area contributed by atoms with E-state index in [9.17, 15) is 22.8 Å². The lowest BCUT2D eigenvalue weighted by Gasteiger charge is -2.39. The Bertz CT molecular complexity index is 671. The monoisotopic (exact) mass is 385 g/mol. The Morgan fingerprint density at radius 1 is 1.07 bits per heavy atom. The van der Waals surface area contributed by atoms with Crippen molar-refractivity contribution in [2.24, 2.45) is 0 Å². The Morgan fingerprint density at radius 3 is 2.15 bits per heavy atom. The van der Waals surface area contributed by atoms with E-state index in [4.69, 9.17) is 0 Å². The molecule has 2 aliphatic rings. The summed E-state index contributed by atoms with van der Waals surface area (Å²) in [6.45, 7) is 3.23. The molecule has 0 radical (unpaired) electrons. The Kier molecular flexibility index (Phi) is 5.56. The molecule has 0 saturated carbocycles. The Morgan fingerprint density at radius 2 is 1.63 bits per heavy atom. The highest BCUT2D eigenvalue weighted by Gasteiger charge is 2.37. The van der Waals surface area contributed by atoms with Crippen molar-refractivity contribution in [3.05, 3.63) is 35.4 Å². The van der Waals surface area contributed by atoms with Crippen LogP contribution in [0.25, 0.3) is 0 Å². The van der Waals surface area contributed by atoms with Gasteiger partial charge in [0.2, 0.25) is 0 Å². The van der Waals surface area contributed by atoms with Crippen molar-refractivity contribution in [3.63, 3.8) is 0 Å². The molecule has 3 rings (SSSR count). The van der Waals surface area contributed by atoms with Crippen molar-refractivity contribution in [1.29, 1.82) is 0 Å². The number of alkyl halides is 3. The summed E-state index contributed by atoms with van der Waals surface area (Å²) in [7, 11) is 0. The average molecular weight is 385 g/mol. The van der Waals surface area contributed by atoms with E-state index in [0.29, 0.717) is 18.4 Å². The van der Waals surface area contributed by atoms with Gasteiger partial charge in [0.25, 0.3) is 0 Å². The Labute approximate surface area is 154 Å². The molecule has 148 valence electrons. The van der Waals surface area contributed by atoms with Gasteiger partial charge in [-0.3, -0.25) is 5.32 Å². The Balaban J connectivity index is 1.60. The maximum absolute atomic E-state index is 12.7. The molecule has 2 fully saturated rings. The molecule has 2 saturated heterocycles. The van der Waals surface area contributed by atoms with Crippen LogP contribution in [0.4, 0.5) is 22.8 Å². The third-order valence-corrected chi connectivity index (χ3v) is 4.80. The van der Waals surface area contributed by atoms with E-state index in [-0.39, 0.29) is 12.1 Å². The lowest BCUT2D eigenvalue weighted by atomic mass is 10.1. The summed E-state index contributed by atoms with van der Waals surface area (Å²) in [5.41, 5.74) is -0.123. The molecule has 4 N–H and O–H groups in total. The first kappa shape index (κ1) is 19.4. The van der Waals surface area contributed by atoms with Gasteiger partial charge in [-0.2, -0.15) is 13.2 Å². The zero-order chi connectivity index (χ0) is 19.6. The van der Waals surface area contributed by atoms with Gasteiger partial charge in [-0.25, -0.2) is 14.5 Å². The number of carbonyl (C=O) groups is 2. The highest BCUT2D eigenvalue weighted by molar-refractivity contribution is 5.96. The molecular formula is C17H22F3N5O2. The number of imide groups is 1. The van der Waals surface area contributed by atoms with Gasteiger partial charge < -0.3 is 16.0 Å². The third-order valence-electron chi connectivity index (χ3n) is 4.80. The van der Waals surface area contributed by atoms with E-state index in [1.807, 2.05) is 0 Å². The Hall–Kier alpha value is -2.33. The smallest absolute Gasteiger partial charge is 0.317 e. The zero-order valence-corrected chi connectivity index (χ0v) is 14.8. The number of hydrogen-bond acceptors (Lipinski definition) is 4. The van der Waals surface area contributed by atoms with E-state index < -0.39 is 30.1 Å². The predicted octanol–water partition coefficient (Wildman–Crippen LogP) is 2.13. The lowest BCUT2D eigenvalue weighted by molar-refractivity contribution is -0.137. The highest BCUT2D eigenvalue weighted by Crippen LogP contribution is 2.30. The van der Waals surface area contributed by atoms with Crippen LogP contribution in [0.3, 0.4) is 0 Å². The number of benzene rings is 1. The third kappa shape index (κ3) is 4.51. The quantitative estimate of drug-likeness (QED) is 0.640. The van der Waals surface area contributed by atoms with E-state index in [1.165, 1.54) is 17.0 Å². The summed E-state index contributed by atoms with van der Waals surface area (Å²) in [6.07, 6.45) is -3.80. The second-order valence-electron chi connectivity index (χ2n) is 6.69. The summed E-state index contributed by atoms with van der Waals surface area (Å²) < 4.78 is 38.0. The molecule has 10 heteroatoms. The molecule has 0 aliphatic carbocycles. The number of nitrogens with zero attached hydrogens (tertiary/aromatic N) is 1. The molecule has 0 bridgehead atoms. The van der Waals surface area contributed by atoms with Gasteiger partial charge in [0.15, 0.2) is 6.29 Å². The van der Waals surface area contributed by atoms with Crippen LogP contribution in [0.2, 0.25) is 0 Å². The van der Waals surface area contributed by atoms with Crippen molar-refractivity contribution in [3.8, 4) is 0 Å². The molecule has 2 heterocycles. The highest BCUT2D eigenvalue weighted by atomic mass is 19.4. The second-order valence-corrected chi connectivity index (χ2v) is 6.69. The molecule has 2 aliphatic heterocycles. The predicted molar refractivity (Wildman–Crippen MR) is 91.6 cm³/mol. The standard InChI is InChI=1S/C17H22F3N5O2/c1-10(11-2-4-12(5-3-11)17(18,19)20)22-14-23-15(26)25(16(27)24-14)13-6-8-21-9-7-13/h2-5,10,13-14,21-22H,6-9H2,1H3,(H,23,26)(H,24,27). The van der Waals surface area contributed by atoms with Crippen LogP contribution in [0.15, 0.2) is 24.3 Å². The van der Waals surface area contributed by atoms with Crippen LogP contribution >= 0.6 is 0 Å². The summed E-state index contributed by atoms with van der Waals surface area (Å²) in [5, 5.41) is 11.5. The van der Waals surface area contributed by atoms with Gasteiger partial charge in [-0.15, -0.1) is 0 Å². The molecule has 1 aromatic carbocycles. The first-order valence-corrected chi connectivity index (χ1v) is 8.80. The summed E-state index contributed by atoms with van der Waals surface area (Å²) in [4.78, 5) is 25.9.